The fraction of sp³-hybridized carbons (Fsp3) is 0.357. The molecule has 0 unspecified atom stereocenters. The number of allylic oxidation sites excluding steroid dienone is 11. The lowest BCUT2D eigenvalue weighted by molar-refractivity contribution is 0.639. The molecule has 28 heavy (non-hydrogen) atoms. The van der Waals surface area contributed by atoms with E-state index in [1.54, 1.807) is 0 Å². The molecule has 0 nitrogen and oxygen atoms in total. The van der Waals surface area contributed by atoms with Crippen LogP contribution in [0.25, 0.3) is 0 Å². The average molecular weight is 377 g/mol. The maximum atomic E-state index is 3.95. The van der Waals surface area contributed by atoms with Gasteiger partial charge in [0.15, 0.2) is 0 Å². The molecule has 1 aliphatic rings. The molecule has 0 atom stereocenters. The summed E-state index contributed by atoms with van der Waals surface area (Å²) in [5, 5.41) is 0. The Morgan fingerprint density at radius 3 is 1.82 bits per heavy atom. The Kier molecular flexibility index (Phi) is 11.2. The van der Waals surface area contributed by atoms with Crippen LogP contribution in [0.4, 0.5) is 0 Å². The summed E-state index contributed by atoms with van der Waals surface area (Å²) < 4.78 is 0. The van der Waals surface area contributed by atoms with Gasteiger partial charge in [0.1, 0.15) is 0 Å². The zero-order chi connectivity index (χ0) is 20.4. The van der Waals surface area contributed by atoms with Gasteiger partial charge in [0.05, 0.1) is 0 Å². The van der Waals surface area contributed by atoms with E-state index in [2.05, 4.69) is 116 Å². The van der Waals surface area contributed by atoms with Crippen molar-refractivity contribution in [3.63, 3.8) is 0 Å². The molecule has 0 aliphatic heterocycles. The van der Waals surface area contributed by atoms with Gasteiger partial charge in [-0.3, -0.25) is 0 Å². The molecule has 1 aliphatic carbocycles. The Morgan fingerprint density at radius 1 is 0.893 bits per heavy atom. The molecule has 0 saturated heterocycles. The molecule has 152 valence electrons. The number of aryl methyl sites for hydroxylation is 1. The van der Waals surface area contributed by atoms with Crippen LogP contribution in [0.1, 0.15) is 66.5 Å². The fourth-order valence-electron chi connectivity index (χ4n) is 2.75. The predicted octanol–water partition coefficient (Wildman–Crippen LogP) is 8.83. The first-order chi connectivity index (χ1) is 12.7. The van der Waals surface area contributed by atoms with E-state index in [0.29, 0.717) is 0 Å². The number of rotatable bonds is 4. The van der Waals surface area contributed by atoms with Crippen LogP contribution >= 0.6 is 0 Å². The van der Waals surface area contributed by atoms with Crippen molar-refractivity contribution >= 4 is 0 Å². The highest BCUT2D eigenvalue weighted by Gasteiger charge is 2.23. The normalized spacial score (nSPS) is 13.8. The number of benzene rings is 1. The Labute approximate surface area is 174 Å². The van der Waals surface area contributed by atoms with Crippen molar-refractivity contribution in [3.05, 3.63) is 107 Å². The lowest BCUT2D eigenvalue weighted by Gasteiger charge is -2.27. The van der Waals surface area contributed by atoms with Gasteiger partial charge in [0.25, 0.3) is 0 Å². The first-order valence-electron chi connectivity index (χ1n) is 9.73. The van der Waals surface area contributed by atoms with E-state index < -0.39 is 0 Å². The molecular weight excluding hydrogens is 336 g/mol. The van der Waals surface area contributed by atoms with Gasteiger partial charge >= 0.3 is 0 Å². The second-order valence-electron chi connectivity index (χ2n) is 8.03. The zero-order valence-electron chi connectivity index (χ0n) is 18.3. The van der Waals surface area contributed by atoms with Gasteiger partial charge in [0, 0.05) is 5.41 Å². The molecular formula is C28H40. The SMILES string of the molecule is C.C=C/C(=C\C=C(C)C)C(C)(C)c1ccc(C)cc1.CC1=CCC=C(C)C=C1. The Hall–Kier alpha value is -2.34. The Bertz CT molecular complexity index is 748. The molecule has 2 rings (SSSR count). The van der Waals surface area contributed by atoms with E-state index in [-0.39, 0.29) is 12.8 Å². The van der Waals surface area contributed by atoms with Crippen LogP contribution in [0.15, 0.2) is 95.7 Å². The summed E-state index contributed by atoms with van der Waals surface area (Å²) in [6, 6.07) is 8.74. The van der Waals surface area contributed by atoms with Crippen molar-refractivity contribution in [2.24, 2.45) is 0 Å². The summed E-state index contributed by atoms with van der Waals surface area (Å²) in [6.07, 6.45) is 16.1. The minimum Gasteiger partial charge on any atom is -0.0988 e. The third-order valence-corrected chi connectivity index (χ3v) is 4.80. The van der Waals surface area contributed by atoms with Crippen molar-refractivity contribution in [1.29, 1.82) is 0 Å². The van der Waals surface area contributed by atoms with Gasteiger partial charge in [-0.15, -0.1) is 0 Å². The molecule has 0 amide bonds. The van der Waals surface area contributed by atoms with Crippen LogP contribution in [0, 0.1) is 6.92 Å². The van der Waals surface area contributed by atoms with Gasteiger partial charge in [0.2, 0.25) is 0 Å². The minimum atomic E-state index is -0.0125. The second kappa shape index (κ2) is 12.2. The molecule has 0 bridgehead atoms. The summed E-state index contributed by atoms with van der Waals surface area (Å²) in [6.45, 7) is 19.0. The van der Waals surface area contributed by atoms with Crippen molar-refractivity contribution in [2.45, 2.75) is 67.7 Å². The standard InChI is InChI=1S/C18H24.C9H12.CH4/c1-7-16(11-8-14(2)3)18(5,6)17-12-9-15(4)10-13-17;1-8-4-3-5-9(2)7-6-8;/h7-13H,1H2,2-6H3;4-7H,3H2,1-2H3;1H4/b16-11+;;. The molecule has 0 aromatic heterocycles. The summed E-state index contributed by atoms with van der Waals surface area (Å²) in [5.74, 6) is 0. The minimum absolute atomic E-state index is 0. The largest absolute Gasteiger partial charge is 0.0988 e. The van der Waals surface area contributed by atoms with Gasteiger partial charge < -0.3 is 0 Å². The fourth-order valence-corrected chi connectivity index (χ4v) is 2.75. The van der Waals surface area contributed by atoms with Gasteiger partial charge in [-0.2, -0.15) is 0 Å². The highest BCUT2D eigenvalue weighted by Crippen LogP contribution is 2.32. The summed E-state index contributed by atoms with van der Waals surface area (Å²) in [7, 11) is 0. The Balaban J connectivity index is 0.000000614. The lowest BCUT2D eigenvalue weighted by atomic mass is 9.77. The third-order valence-electron chi connectivity index (χ3n) is 4.80. The van der Waals surface area contributed by atoms with Crippen molar-refractivity contribution < 1.29 is 0 Å². The van der Waals surface area contributed by atoms with Gasteiger partial charge in [-0.25, -0.2) is 0 Å². The topological polar surface area (TPSA) is 0 Å². The van der Waals surface area contributed by atoms with Crippen molar-refractivity contribution in [2.75, 3.05) is 0 Å². The smallest absolute Gasteiger partial charge is 0.0146 e. The van der Waals surface area contributed by atoms with Crippen molar-refractivity contribution in [1.82, 2.24) is 0 Å². The third kappa shape index (κ3) is 8.57. The number of hydrogen-bond acceptors (Lipinski definition) is 0. The van der Waals surface area contributed by atoms with E-state index in [1.165, 1.54) is 33.4 Å². The van der Waals surface area contributed by atoms with Crippen LogP contribution in [0.3, 0.4) is 0 Å². The van der Waals surface area contributed by atoms with E-state index in [0.717, 1.165) is 6.42 Å². The highest BCUT2D eigenvalue weighted by molar-refractivity contribution is 5.42. The maximum absolute atomic E-state index is 3.95. The first kappa shape index (κ1) is 25.7. The van der Waals surface area contributed by atoms with Crippen LogP contribution in [-0.4, -0.2) is 0 Å². The molecule has 0 N–H and O–H groups in total. The highest BCUT2D eigenvalue weighted by atomic mass is 14.3. The van der Waals surface area contributed by atoms with E-state index in [1.807, 2.05) is 6.08 Å². The van der Waals surface area contributed by atoms with Gasteiger partial charge in [-0.05, 0) is 52.2 Å². The first-order valence-corrected chi connectivity index (χ1v) is 9.73. The van der Waals surface area contributed by atoms with Crippen LogP contribution < -0.4 is 0 Å². The molecule has 0 spiro atoms. The van der Waals surface area contributed by atoms with Crippen LogP contribution in [-0.2, 0) is 5.41 Å². The van der Waals surface area contributed by atoms with E-state index in [4.69, 9.17) is 0 Å². The molecule has 1 aromatic carbocycles. The summed E-state index contributed by atoms with van der Waals surface area (Å²) in [5.41, 5.74) is 7.87. The molecule has 0 heteroatoms. The van der Waals surface area contributed by atoms with Crippen LogP contribution in [0.5, 0.6) is 0 Å². The van der Waals surface area contributed by atoms with E-state index >= 15 is 0 Å². The zero-order valence-corrected chi connectivity index (χ0v) is 18.3. The summed E-state index contributed by atoms with van der Waals surface area (Å²) >= 11 is 0. The van der Waals surface area contributed by atoms with E-state index in [9.17, 15) is 0 Å². The quantitative estimate of drug-likeness (QED) is 0.460. The molecule has 0 radical (unpaired) electrons. The molecule has 0 saturated carbocycles. The average Bonchev–Trinajstić information content (AvgIpc) is 2.79. The Morgan fingerprint density at radius 2 is 1.39 bits per heavy atom. The monoisotopic (exact) mass is 376 g/mol. The predicted molar refractivity (Wildman–Crippen MR) is 130 cm³/mol. The van der Waals surface area contributed by atoms with Gasteiger partial charge in [-0.1, -0.05) is 117 Å². The number of hydrogen-bond donors (Lipinski definition) is 0. The molecule has 0 heterocycles. The maximum Gasteiger partial charge on any atom is 0.0146 e. The van der Waals surface area contributed by atoms with Crippen molar-refractivity contribution in [3.8, 4) is 0 Å². The molecule has 1 aromatic rings. The van der Waals surface area contributed by atoms with Crippen LogP contribution in [0.2, 0.25) is 0 Å². The lowest BCUT2D eigenvalue weighted by Crippen LogP contribution is -2.19. The second-order valence-corrected chi connectivity index (χ2v) is 8.03. The summed E-state index contributed by atoms with van der Waals surface area (Å²) in [4.78, 5) is 0. The molecule has 0 fully saturated rings.